The molecule has 0 N–H and O–H groups in total. The number of fused-ring (bicyclic) bond motifs is 1. The zero-order valence-corrected chi connectivity index (χ0v) is 16.3. The van der Waals surface area contributed by atoms with Gasteiger partial charge in [0.1, 0.15) is 6.54 Å². The van der Waals surface area contributed by atoms with E-state index in [2.05, 4.69) is 4.98 Å². The van der Waals surface area contributed by atoms with Crippen molar-refractivity contribution in [1.82, 2.24) is 23.6 Å². The molecule has 0 aliphatic carbocycles. The van der Waals surface area contributed by atoms with Crippen LogP contribution in [0.15, 0.2) is 40.2 Å². The second-order valence-corrected chi connectivity index (χ2v) is 6.93. The van der Waals surface area contributed by atoms with Gasteiger partial charge in [-0.3, -0.25) is 14.2 Å². The van der Waals surface area contributed by atoms with E-state index < -0.39 is 11.2 Å². The van der Waals surface area contributed by atoms with Crippen LogP contribution in [0, 0.1) is 0 Å². The minimum Gasteiger partial charge on any atom is -0.337 e. The molecule has 9 heteroatoms. The number of amides is 1. The SMILES string of the molecule is CC(c1cccc(Cl)c1)N(C)C(=O)Cn1c(=O)c2c(ncn2C)n(C)c1=O. The van der Waals surface area contributed by atoms with E-state index in [0.717, 1.165) is 10.1 Å². The molecule has 0 aliphatic heterocycles. The van der Waals surface area contributed by atoms with E-state index in [9.17, 15) is 14.4 Å². The van der Waals surface area contributed by atoms with Gasteiger partial charge in [-0.05, 0) is 24.6 Å². The van der Waals surface area contributed by atoms with Crippen molar-refractivity contribution >= 4 is 28.7 Å². The number of carbonyl (C=O) groups is 1. The van der Waals surface area contributed by atoms with E-state index in [-0.39, 0.29) is 29.7 Å². The van der Waals surface area contributed by atoms with Crippen LogP contribution in [0.2, 0.25) is 5.02 Å². The standard InChI is InChI=1S/C18H20ClN5O3/c1-11(12-6-5-7-13(19)8-12)22(3)14(25)9-24-17(26)15-16(20-10-21(15)2)23(4)18(24)27/h5-8,10-11H,9H2,1-4H3. The summed E-state index contributed by atoms with van der Waals surface area (Å²) in [5, 5.41) is 0.576. The van der Waals surface area contributed by atoms with Gasteiger partial charge in [-0.1, -0.05) is 23.7 Å². The lowest BCUT2D eigenvalue weighted by Crippen LogP contribution is -2.44. The third-order valence-electron chi connectivity index (χ3n) is 4.80. The fourth-order valence-electron chi connectivity index (χ4n) is 2.99. The third kappa shape index (κ3) is 3.28. The lowest BCUT2D eigenvalue weighted by Gasteiger charge is -2.25. The monoisotopic (exact) mass is 389 g/mol. The van der Waals surface area contributed by atoms with Crippen molar-refractivity contribution in [2.75, 3.05) is 7.05 Å². The molecule has 0 bridgehead atoms. The Balaban J connectivity index is 1.95. The zero-order chi connectivity index (χ0) is 19.9. The summed E-state index contributed by atoms with van der Waals surface area (Å²) in [5.41, 5.74) is 0.307. The van der Waals surface area contributed by atoms with Gasteiger partial charge in [-0.25, -0.2) is 14.3 Å². The number of rotatable bonds is 4. The van der Waals surface area contributed by atoms with Crippen molar-refractivity contribution in [3.63, 3.8) is 0 Å². The maximum Gasteiger partial charge on any atom is 0.332 e. The maximum absolute atomic E-state index is 12.7. The number of benzene rings is 1. The summed E-state index contributed by atoms with van der Waals surface area (Å²) in [7, 11) is 4.82. The molecule has 1 amide bonds. The largest absolute Gasteiger partial charge is 0.337 e. The second-order valence-electron chi connectivity index (χ2n) is 6.50. The predicted molar refractivity (Wildman–Crippen MR) is 103 cm³/mol. The molecule has 1 atom stereocenters. The summed E-state index contributed by atoms with van der Waals surface area (Å²) in [4.78, 5) is 43.6. The Morgan fingerprint density at radius 1 is 1.30 bits per heavy atom. The van der Waals surface area contributed by atoms with Crippen LogP contribution in [-0.4, -0.2) is 36.5 Å². The van der Waals surface area contributed by atoms with Crippen LogP contribution in [0.4, 0.5) is 0 Å². The number of imidazole rings is 1. The molecular weight excluding hydrogens is 370 g/mol. The maximum atomic E-state index is 12.7. The first kappa shape index (κ1) is 18.9. The number of hydrogen-bond acceptors (Lipinski definition) is 4. The predicted octanol–water partition coefficient (Wildman–Crippen LogP) is 1.31. The fourth-order valence-corrected chi connectivity index (χ4v) is 3.19. The van der Waals surface area contributed by atoms with Crippen molar-refractivity contribution in [3.05, 3.63) is 62.0 Å². The van der Waals surface area contributed by atoms with Crippen LogP contribution in [0.25, 0.3) is 11.2 Å². The highest BCUT2D eigenvalue weighted by molar-refractivity contribution is 6.30. The Labute approximate surface area is 160 Å². The van der Waals surface area contributed by atoms with Crippen molar-refractivity contribution in [3.8, 4) is 0 Å². The summed E-state index contributed by atoms with van der Waals surface area (Å²) >= 11 is 6.02. The fraction of sp³-hybridized carbons (Fsp3) is 0.333. The van der Waals surface area contributed by atoms with E-state index in [4.69, 9.17) is 11.6 Å². The van der Waals surface area contributed by atoms with Gasteiger partial charge < -0.3 is 9.47 Å². The lowest BCUT2D eigenvalue weighted by atomic mass is 10.1. The van der Waals surface area contributed by atoms with Gasteiger partial charge in [-0.15, -0.1) is 0 Å². The Kier molecular flexibility index (Phi) is 4.93. The summed E-state index contributed by atoms with van der Waals surface area (Å²) in [6, 6.07) is 6.95. The van der Waals surface area contributed by atoms with Gasteiger partial charge in [0.25, 0.3) is 5.56 Å². The first-order chi connectivity index (χ1) is 12.7. The molecule has 0 saturated heterocycles. The van der Waals surface area contributed by atoms with Gasteiger partial charge in [0, 0.05) is 26.2 Å². The number of aromatic nitrogens is 4. The quantitative estimate of drug-likeness (QED) is 0.673. The number of nitrogens with zero attached hydrogens (tertiary/aromatic N) is 5. The first-order valence-corrected chi connectivity index (χ1v) is 8.72. The highest BCUT2D eigenvalue weighted by atomic mass is 35.5. The molecule has 1 aromatic carbocycles. The summed E-state index contributed by atoms with van der Waals surface area (Å²) in [6.07, 6.45) is 1.46. The Morgan fingerprint density at radius 3 is 2.67 bits per heavy atom. The average molecular weight is 390 g/mol. The molecule has 0 spiro atoms. The number of carbonyl (C=O) groups excluding carboxylic acids is 1. The highest BCUT2D eigenvalue weighted by Gasteiger charge is 2.21. The van der Waals surface area contributed by atoms with Crippen molar-refractivity contribution in [2.24, 2.45) is 14.1 Å². The first-order valence-electron chi connectivity index (χ1n) is 8.34. The van der Waals surface area contributed by atoms with Gasteiger partial charge in [0.15, 0.2) is 11.2 Å². The second kappa shape index (κ2) is 7.03. The molecule has 0 saturated carbocycles. The van der Waals surface area contributed by atoms with Crippen LogP contribution < -0.4 is 11.2 Å². The summed E-state index contributed by atoms with van der Waals surface area (Å²) < 4.78 is 3.74. The smallest absolute Gasteiger partial charge is 0.332 e. The van der Waals surface area contributed by atoms with Crippen LogP contribution in [0.1, 0.15) is 18.5 Å². The van der Waals surface area contributed by atoms with E-state index in [1.165, 1.54) is 27.4 Å². The van der Waals surface area contributed by atoms with Crippen LogP contribution in [-0.2, 0) is 25.4 Å². The van der Waals surface area contributed by atoms with Gasteiger partial charge >= 0.3 is 5.69 Å². The highest BCUT2D eigenvalue weighted by Crippen LogP contribution is 2.22. The van der Waals surface area contributed by atoms with Crippen molar-refractivity contribution in [2.45, 2.75) is 19.5 Å². The molecular formula is C18H20ClN5O3. The molecule has 8 nitrogen and oxygen atoms in total. The Morgan fingerprint density at radius 2 is 2.00 bits per heavy atom. The van der Waals surface area contributed by atoms with Crippen LogP contribution in [0.3, 0.4) is 0 Å². The molecule has 0 radical (unpaired) electrons. The van der Waals surface area contributed by atoms with E-state index in [1.807, 2.05) is 19.1 Å². The van der Waals surface area contributed by atoms with Gasteiger partial charge in [0.05, 0.1) is 12.4 Å². The number of halogens is 1. The average Bonchev–Trinajstić information content (AvgIpc) is 3.03. The number of aryl methyl sites for hydroxylation is 2. The van der Waals surface area contributed by atoms with Crippen LogP contribution in [0.5, 0.6) is 0 Å². The summed E-state index contributed by atoms with van der Waals surface area (Å²) in [5.74, 6) is -0.358. The molecule has 0 fully saturated rings. The molecule has 3 rings (SSSR count). The zero-order valence-electron chi connectivity index (χ0n) is 15.5. The van der Waals surface area contributed by atoms with Gasteiger partial charge in [-0.2, -0.15) is 0 Å². The van der Waals surface area contributed by atoms with Crippen LogP contribution >= 0.6 is 11.6 Å². The number of hydrogen-bond donors (Lipinski definition) is 0. The minimum absolute atomic E-state index is 0.267. The molecule has 0 aliphatic rings. The van der Waals surface area contributed by atoms with Crippen molar-refractivity contribution < 1.29 is 4.79 Å². The summed E-state index contributed by atoms with van der Waals surface area (Å²) in [6.45, 7) is 1.50. The molecule has 3 aromatic rings. The van der Waals surface area contributed by atoms with E-state index in [0.29, 0.717) is 5.02 Å². The molecule has 1 unspecified atom stereocenters. The molecule has 142 valence electrons. The topological polar surface area (TPSA) is 82.1 Å². The van der Waals surface area contributed by atoms with Gasteiger partial charge in [0.2, 0.25) is 5.91 Å². The number of likely N-dealkylation sites (N-methyl/N-ethyl adjacent to an activating group) is 1. The van der Waals surface area contributed by atoms with Crippen molar-refractivity contribution in [1.29, 1.82) is 0 Å². The molecule has 27 heavy (non-hydrogen) atoms. The van der Waals surface area contributed by atoms with E-state index in [1.54, 1.807) is 26.2 Å². The molecule has 2 aromatic heterocycles. The minimum atomic E-state index is -0.580. The Hall–Kier alpha value is -2.87. The Bertz CT molecular complexity index is 1140. The lowest BCUT2D eigenvalue weighted by molar-refractivity contribution is -0.132. The van der Waals surface area contributed by atoms with E-state index >= 15 is 0 Å². The third-order valence-corrected chi connectivity index (χ3v) is 5.03. The normalized spacial score (nSPS) is 12.3. The molecule has 2 heterocycles.